The van der Waals surface area contributed by atoms with Crippen molar-refractivity contribution in [3.8, 4) is 0 Å². The summed E-state index contributed by atoms with van der Waals surface area (Å²) < 4.78 is 2.69. The van der Waals surface area contributed by atoms with Gasteiger partial charge in [-0.3, -0.25) is 0 Å². The third-order valence-corrected chi connectivity index (χ3v) is 3.62. The number of halogens is 1. The Labute approximate surface area is 103 Å². The smallest absolute Gasteiger partial charge is 0.0946 e. The van der Waals surface area contributed by atoms with Crippen LogP contribution in [0.1, 0.15) is 11.3 Å². The van der Waals surface area contributed by atoms with Crippen molar-refractivity contribution in [3.63, 3.8) is 0 Å². The van der Waals surface area contributed by atoms with Crippen molar-refractivity contribution < 1.29 is 5.11 Å². The van der Waals surface area contributed by atoms with Gasteiger partial charge in [-0.2, -0.15) is 0 Å². The summed E-state index contributed by atoms with van der Waals surface area (Å²) in [5.74, 6) is 0. The van der Waals surface area contributed by atoms with Gasteiger partial charge in [0.25, 0.3) is 0 Å². The number of rotatable bonds is 5. The Balaban J connectivity index is 1.77. The highest BCUT2D eigenvalue weighted by Crippen LogP contribution is 2.22. The summed E-state index contributed by atoms with van der Waals surface area (Å²) >= 11 is 7.41. The molecule has 0 bridgehead atoms. The second-order valence-corrected chi connectivity index (χ2v) is 5.46. The van der Waals surface area contributed by atoms with Crippen LogP contribution in [0.3, 0.4) is 0 Å². The van der Waals surface area contributed by atoms with Crippen LogP contribution in [-0.4, -0.2) is 20.8 Å². The Morgan fingerprint density at radius 3 is 3.00 bits per heavy atom. The fourth-order valence-electron chi connectivity index (χ4n) is 1.52. The van der Waals surface area contributed by atoms with E-state index in [1.807, 2.05) is 22.9 Å². The molecule has 1 unspecified atom stereocenters. The lowest BCUT2D eigenvalue weighted by Gasteiger charge is -2.10. The molecule has 5 heteroatoms. The highest BCUT2D eigenvalue weighted by atomic mass is 35.5. The minimum atomic E-state index is -0.338. The van der Waals surface area contributed by atoms with Crippen molar-refractivity contribution in [2.75, 3.05) is 0 Å². The van der Waals surface area contributed by atoms with Gasteiger partial charge in [-0.25, -0.2) is 4.98 Å². The van der Waals surface area contributed by atoms with Gasteiger partial charge in [-0.1, -0.05) is 11.6 Å². The first-order valence-electron chi connectivity index (χ1n) is 5.12. The van der Waals surface area contributed by atoms with Gasteiger partial charge in [0.2, 0.25) is 0 Å². The second kappa shape index (κ2) is 5.48. The molecule has 16 heavy (non-hydrogen) atoms. The summed E-state index contributed by atoms with van der Waals surface area (Å²) in [6.07, 6.45) is 6.56. The fourth-order valence-corrected chi connectivity index (χ4v) is 2.63. The number of aromatic nitrogens is 2. The SMILES string of the molecule is OC(CCc1ccc(Cl)s1)Cn1ccnc1. The van der Waals surface area contributed by atoms with Crippen LogP contribution in [-0.2, 0) is 13.0 Å². The molecule has 0 radical (unpaired) electrons. The minimum absolute atomic E-state index is 0.338. The Kier molecular flexibility index (Phi) is 3.98. The van der Waals surface area contributed by atoms with Crippen molar-refractivity contribution >= 4 is 22.9 Å². The molecule has 0 saturated heterocycles. The lowest BCUT2D eigenvalue weighted by atomic mass is 10.2. The maximum absolute atomic E-state index is 9.81. The molecular weight excluding hydrogens is 244 g/mol. The van der Waals surface area contributed by atoms with E-state index < -0.39 is 0 Å². The van der Waals surface area contributed by atoms with Crippen LogP contribution >= 0.6 is 22.9 Å². The van der Waals surface area contributed by atoms with E-state index in [2.05, 4.69) is 4.98 Å². The molecule has 86 valence electrons. The average Bonchev–Trinajstić information content (AvgIpc) is 2.87. The van der Waals surface area contributed by atoms with Crippen molar-refractivity contribution in [1.82, 2.24) is 9.55 Å². The molecule has 0 spiro atoms. The lowest BCUT2D eigenvalue weighted by Crippen LogP contribution is -2.15. The van der Waals surface area contributed by atoms with Crippen LogP contribution in [0.25, 0.3) is 0 Å². The summed E-state index contributed by atoms with van der Waals surface area (Å²) in [5, 5.41) is 9.81. The number of aliphatic hydroxyl groups is 1. The van der Waals surface area contributed by atoms with Crippen molar-refractivity contribution in [3.05, 3.63) is 40.1 Å². The third kappa shape index (κ3) is 3.33. The molecule has 2 rings (SSSR count). The van der Waals surface area contributed by atoms with E-state index in [1.165, 1.54) is 4.88 Å². The summed E-state index contributed by atoms with van der Waals surface area (Å²) in [5.41, 5.74) is 0. The first-order chi connectivity index (χ1) is 7.74. The molecule has 0 amide bonds. The summed E-state index contributed by atoms with van der Waals surface area (Å²) in [7, 11) is 0. The molecule has 0 aliphatic carbocycles. The van der Waals surface area contributed by atoms with Gasteiger partial charge >= 0.3 is 0 Å². The number of imidazole rings is 1. The van der Waals surface area contributed by atoms with E-state index >= 15 is 0 Å². The van der Waals surface area contributed by atoms with E-state index in [0.29, 0.717) is 6.54 Å². The molecule has 3 nitrogen and oxygen atoms in total. The molecule has 2 aromatic heterocycles. The number of hydrogen-bond donors (Lipinski definition) is 1. The number of thiophene rings is 1. The van der Waals surface area contributed by atoms with E-state index in [-0.39, 0.29) is 6.10 Å². The highest BCUT2D eigenvalue weighted by Gasteiger charge is 2.06. The van der Waals surface area contributed by atoms with E-state index in [9.17, 15) is 5.11 Å². The van der Waals surface area contributed by atoms with Crippen LogP contribution in [0, 0.1) is 0 Å². The van der Waals surface area contributed by atoms with Gasteiger partial charge in [0.15, 0.2) is 0 Å². The van der Waals surface area contributed by atoms with Gasteiger partial charge in [0.05, 0.1) is 16.8 Å². The molecule has 2 aromatic rings. The fraction of sp³-hybridized carbons (Fsp3) is 0.364. The summed E-state index contributed by atoms with van der Waals surface area (Å²) in [6.45, 7) is 0.596. The largest absolute Gasteiger partial charge is 0.391 e. The molecule has 2 heterocycles. The Hall–Kier alpha value is -0.840. The van der Waals surface area contributed by atoms with E-state index in [1.54, 1.807) is 23.9 Å². The topological polar surface area (TPSA) is 38.0 Å². The second-order valence-electron chi connectivity index (χ2n) is 3.66. The van der Waals surface area contributed by atoms with Crippen LogP contribution in [0.2, 0.25) is 4.34 Å². The Morgan fingerprint density at radius 1 is 1.50 bits per heavy atom. The normalized spacial score (nSPS) is 12.9. The van der Waals surface area contributed by atoms with Crippen molar-refractivity contribution in [1.29, 1.82) is 0 Å². The Bertz CT molecular complexity index is 427. The molecule has 0 saturated carbocycles. The monoisotopic (exact) mass is 256 g/mol. The van der Waals surface area contributed by atoms with Gasteiger partial charge in [0, 0.05) is 23.8 Å². The van der Waals surface area contributed by atoms with Crippen LogP contribution in [0.4, 0.5) is 0 Å². The molecular formula is C11H13ClN2OS. The number of aryl methyl sites for hydroxylation is 1. The molecule has 1 atom stereocenters. The highest BCUT2D eigenvalue weighted by molar-refractivity contribution is 7.16. The zero-order valence-electron chi connectivity index (χ0n) is 8.71. The van der Waals surface area contributed by atoms with E-state index in [0.717, 1.165) is 17.2 Å². The standard InChI is InChI=1S/C11H13ClN2OS/c12-11-4-3-10(16-11)2-1-9(15)7-14-6-5-13-8-14/h3-6,8-9,15H,1-2,7H2. The van der Waals surface area contributed by atoms with Crippen molar-refractivity contribution in [2.45, 2.75) is 25.5 Å². The average molecular weight is 257 g/mol. The quantitative estimate of drug-likeness (QED) is 0.893. The maximum Gasteiger partial charge on any atom is 0.0946 e. The van der Waals surface area contributed by atoms with Gasteiger partial charge in [0.1, 0.15) is 0 Å². The van der Waals surface area contributed by atoms with Crippen LogP contribution in [0.5, 0.6) is 0 Å². The third-order valence-electron chi connectivity index (χ3n) is 2.33. The zero-order chi connectivity index (χ0) is 11.4. The lowest BCUT2D eigenvalue weighted by molar-refractivity contribution is 0.145. The molecule has 0 aliphatic heterocycles. The molecule has 0 fully saturated rings. The summed E-state index contributed by atoms with van der Waals surface area (Å²) in [6, 6.07) is 3.90. The first kappa shape index (κ1) is 11.6. The van der Waals surface area contributed by atoms with Crippen LogP contribution in [0.15, 0.2) is 30.9 Å². The maximum atomic E-state index is 9.81. The van der Waals surface area contributed by atoms with E-state index in [4.69, 9.17) is 11.6 Å². The molecule has 0 aliphatic rings. The summed E-state index contributed by atoms with van der Waals surface area (Å²) in [4.78, 5) is 5.15. The van der Waals surface area contributed by atoms with Crippen LogP contribution < -0.4 is 0 Å². The minimum Gasteiger partial charge on any atom is -0.391 e. The first-order valence-corrected chi connectivity index (χ1v) is 6.31. The molecule has 1 N–H and O–H groups in total. The number of hydrogen-bond acceptors (Lipinski definition) is 3. The Morgan fingerprint density at radius 2 is 2.38 bits per heavy atom. The van der Waals surface area contributed by atoms with Gasteiger partial charge in [-0.15, -0.1) is 11.3 Å². The predicted octanol–water partition coefficient (Wildman–Crippen LogP) is 2.59. The van der Waals surface area contributed by atoms with Crippen molar-refractivity contribution in [2.24, 2.45) is 0 Å². The number of aliphatic hydroxyl groups excluding tert-OH is 1. The predicted molar refractivity (Wildman–Crippen MR) is 65.9 cm³/mol. The zero-order valence-corrected chi connectivity index (χ0v) is 10.3. The number of nitrogens with zero attached hydrogens (tertiary/aromatic N) is 2. The van der Waals surface area contributed by atoms with Gasteiger partial charge in [-0.05, 0) is 25.0 Å². The van der Waals surface area contributed by atoms with Gasteiger partial charge < -0.3 is 9.67 Å². The molecule has 0 aromatic carbocycles.